The first-order valence-corrected chi connectivity index (χ1v) is 8.00. The second-order valence-corrected chi connectivity index (χ2v) is 5.75. The van der Waals surface area contributed by atoms with E-state index in [4.69, 9.17) is 4.74 Å². The van der Waals surface area contributed by atoms with Gasteiger partial charge in [-0.15, -0.1) is 0 Å². The molecule has 6 heteroatoms. The number of nitro groups is 1. The van der Waals surface area contributed by atoms with E-state index < -0.39 is 11.0 Å². The Morgan fingerprint density at radius 1 is 1.18 bits per heavy atom. The third-order valence-electron chi connectivity index (χ3n) is 2.98. The van der Waals surface area contributed by atoms with Crippen molar-refractivity contribution in [3.05, 3.63) is 70.3 Å². The molecule has 0 saturated heterocycles. The molecule has 22 heavy (non-hydrogen) atoms. The summed E-state index contributed by atoms with van der Waals surface area (Å²) in [6.45, 7) is 0.438. The molecule has 0 fully saturated rings. The Morgan fingerprint density at radius 2 is 1.95 bits per heavy atom. The standard InChI is InChI=1S/C16H17NO4S/c18-16(13-5-2-1-3-6-13)12-22-10-9-21-15-8-4-7-14(11-15)17(19)20/h1-8,11,16,18H,9-10,12H2. The zero-order valence-electron chi connectivity index (χ0n) is 11.9. The van der Waals surface area contributed by atoms with Gasteiger partial charge in [0.1, 0.15) is 5.75 Å². The molecular formula is C16H17NO4S. The predicted molar refractivity (Wildman–Crippen MR) is 87.3 cm³/mol. The molecule has 0 spiro atoms. The van der Waals surface area contributed by atoms with E-state index in [1.54, 1.807) is 23.9 Å². The minimum Gasteiger partial charge on any atom is -0.492 e. The van der Waals surface area contributed by atoms with Crippen molar-refractivity contribution in [2.75, 3.05) is 18.1 Å². The van der Waals surface area contributed by atoms with E-state index >= 15 is 0 Å². The number of aliphatic hydroxyl groups is 1. The zero-order valence-corrected chi connectivity index (χ0v) is 12.7. The van der Waals surface area contributed by atoms with Gasteiger partial charge in [0.15, 0.2) is 0 Å². The normalized spacial score (nSPS) is 11.9. The highest BCUT2D eigenvalue weighted by Crippen LogP contribution is 2.20. The smallest absolute Gasteiger partial charge is 0.273 e. The van der Waals surface area contributed by atoms with Crippen LogP contribution in [0.2, 0.25) is 0 Å². The van der Waals surface area contributed by atoms with Crippen LogP contribution in [0.25, 0.3) is 0 Å². The molecule has 2 aromatic carbocycles. The number of thioether (sulfide) groups is 1. The fourth-order valence-electron chi connectivity index (χ4n) is 1.87. The van der Waals surface area contributed by atoms with Gasteiger partial charge in [-0.3, -0.25) is 10.1 Å². The highest BCUT2D eigenvalue weighted by molar-refractivity contribution is 7.99. The summed E-state index contributed by atoms with van der Waals surface area (Å²) in [5.41, 5.74) is 0.916. The quantitative estimate of drug-likeness (QED) is 0.458. The summed E-state index contributed by atoms with van der Waals surface area (Å²) in [6.07, 6.45) is -0.496. The number of nitro benzene ring substituents is 1. The Bertz CT molecular complexity index is 606. The molecule has 2 rings (SSSR count). The van der Waals surface area contributed by atoms with Gasteiger partial charge in [-0.1, -0.05) is 36.4 Å². The molecule has 0 aliphatic heterocycles. The third-order valence-corrected chi connectivity index (χ3v) is 3.99. The largest absolute Gasteiger partial charge is 0.492 e. The van der Waals surface area contributed by atoms with E-state index in [0.29, 0.717) is 23.9 Å². The van der Waals surface area contributed by atoms with Gasteiger partial charge in [0.2, 0.25) is 0 Å². The molecule has 0 radical (unpaired) electrons. The summed E-state index contributed by atoms with van der Waals surface area (Å²) < 4.78 is 5.48. The van der Waals surface area contributed by atoms with Gasteiger partial charge < -0.3 is 9.84 Å². The van der Waals surface area contributed by atoms with Gasteiger partial charge >= 0.3 is 0 Å². The van der Waals surface area contributed by atoms with Crippen LogP contribution in [0.15, 0.2) is 54.6 Å². The molecule has 1 unspecified atom stereocenters. The lowest BCUT2D eigenvalue weighted by Gasteiger charge is -2.11. The Balaban J connectivity index is 1.69. The lowest BCUT2D eigenvalue weighted by molar-refractivity contribution is -0.384. The molecule has 0 aromatic heterocycles. The minimum absolute atomic E-state index is 0.0182. The molecule has 1 N–H and O–H groups in total. The van der Waals surface area contributed by atoms with E-state index in [2.05, 4.69) is 0 Å². The average Bonchev–Trinajstić information content (AvgIpc) is 2.55. The lowest BCUT2D eigenvalue weighted by atomic mass is 10.1. The van der Waals surface area contributed by atoms with Crippen molar-refractivity contribution in [3.8, 4) is 5.75 Å². The van der Waals surface area contributed by atoms with Gasteiger partial charge in [0.05, 0.1) is 23.7 Å². The van der Waals surface area contributed by atoms with E-state index in [0.717, 1.165) is 5.56 Å². The van der Waals surface area contributed by atoms with Gasteiger partial charge in [-0.05, 0) is 11.6 Å². The van der Waals surface area contributed by atoms with Crippen molar-refractivity contribution in [2.24, 2.45) is 0 Å². The van der Waals surface area contributed by atoms with Crippen LogP contribution in [0, 0.1) is 10.1 Å². The molecule has 0 bridgehead atoms. The summed E-state index contributed by atoms with van der Waals surface area (Å²) in [7, 11) is 0. The van der Waals surface area contributed by atoms with Crippen LogP contribution >= 0.6 is 11.8 Å². The second-order valence-electron chi connectivity index (χ2n) is 4.60. The summed E-state index contributed by atoms with van der Waals surface area (Å²) in [5, 5.41) is 20.7. The summed E-state index contributed by atoms with van der Waals surface area (Å²) in [6, 6.07) is 15.6. The SMILES string of the molecule is O=[N+]([O-])c1cccc(OCCSCC(O)c2ccccc2)c1. The fourth-order valence-corrected chi connectivity index (χ4v) is 2.66. The fraction of sp³-hybridized carbons (Fsp3) is 0.250. The van der Waals surface area contributed by atoms with E-state index in [9.17, 15) is 15.2 Å². The highest BCUT2D eigenvalue weighted by atomic mass is 32.2. The van der Waals surface area contributed by atoms with Crippen LogP contribution in [0.1, 0.15) is 11.7 Å². The number of rotatable bonds is 8. The van der Waals surface area contributed by atoms with Crippen LogP contribution in [0.4, 0.5) is 5.69 Å². The molecule has 0 saturated carbocycles. The number of benzene rings is 2. The number of ether oxygens (including phenoxy) is 1. The summed E-state index contributed by atoms with van der Waals surface area (Å²) >= 11 is 1.58. The third kappa shape index (κ3) is 5.05. The van der Waals surface area contributed by atoms with Crippen molar-refractivity contribution >= 4 is 17.4 Å². The molecule has 116 valence electrons. The summed E-state index contributed by atoms with van der Waals surface area (Å²) in [5.74, 6) is 1.77. The minimum atomic E-state index is -0.496. The average molecular weight is 319 g/mol. The maximum atomic E-state index is 10.7. The Labute approximate surface area is 133 Å². The van der Waals surface area contributed by atoms with Gasteiger partial charge in [-0.2, -0.15) is 11.8 Å². The number of nitrogens with zero attached hydrogens (tertiary/aromatic N) is 1. The first-order valence-electron chi connectivity index (χ1n) is 6.85. The van der Waals surface area contributed by atoms with Crippen LogP contribution in [-0.4, -0.2) is 28.1 Å². The summed E-state index contributed by atoms with van der Waals surface area (Å²) in [4.78, 5) is 10.2. The van der Waals surface area contributed by atoms with E-state index in [1.807, 2.05) is 30.3 Å². The van der Waals surface area contributed by atoms with E-state index in [-0.39, 0.29) is 5.69 Å². The van der Waals surface area contributed by atoms with Crippen LogP contribution in [0.5, 0.6) is 5.75 Å². The van der Waals surface area contributed by atoms with Crippen molar-refractivity contribution in [1.82, 2.24) is 0 Å². The van der Waals surface area contributed by atoms with Gasteiger partial charge in [0, 0.05) is 17.6 Å². The topological polar surface area (TPSA) is 72.6 Å². The zero-order chi connectivity index (χ0) is 15.8. The van der Waals surface area contributed by atoms with Crippen LogP contribution in [0.3, 0.4) is 0 Å². The predicted octanol–water partition coefficient (Wildman–Crippen LogP) is 3.44. The molecule has 1 atom stereocenters. The van der Waals surface area contributed by atoms with Gasteiger partial charge in [0.25, 0.3) is 5.69 Å². The number of hydrogen-bond donors (Lipinski definition) is 1. The molecule has 0 amide bonds. The first kappa shape index (κ1) is 16.3. The van der Waals surface area contributed by atoms with Crippen molar-refractivity contribution < 1.29 is 14.8 Å². The van der Waals surface area contributed by atoms with Crippen LogP contribution in [-0.2, 0) is 0 Å². The molecule has 0 heterocycles. The Kier molecular flexibility index (Phi) is 6.24. The van der Waals surface area contributed by atoms with Crippen molar-refractivity contribution in [1.29, 1.82) is 0 Å². The second kappa shape index (κ2) is 8.41. The Hall–Kier alpha value is -2.05. The maximum Gasteiger partial charge on any atom is 0.273 e. The molecular weight excluding hydrogens is 302 g/mol. The molecule has 5 nitrogen and oxygen atoms in total. The van der Waals surface area contributed by atoms with E-state index in [1.165, 1.54) is 12.1 Å². The lowest BCUT2D eigenvalue weighted by Crippen LogP contribution is -2.05. The Morgan fingerprint density at radius 3 is 2.68 bits per heavy atom. The number of aliphatic hydroxyl groups excluding tert-OH is 1. The maximum absolute atomic E-state index is 10.7. The van der Waals surface area contributed by atoms with Crippen molar-refractivity contribution in [2.45, 2.75) is 6.10 Å². The monoisotopic (exact) mass is 319 g/mol. The van der Waals surface area contributed by atoms with Crippen molar-refractivity contribution in [3.63, 3.8) is 0 Å². The number of non-ortho nitro benzene ring substituents is 1. The first-order chi connectivity index (χ1) is 10.7. The molecule has 0 aliphatic carbocycles. The number of hydrogen-bond acceptors (Lipinski definition) is 5. The van der Waals surface area contributed by atoms with Gasteiger partial charge in [-0.25, -0.2) is 0 Å². The highest BCUT2D eigenvalue weighted by Gasteiger charge is 2.08. The van der Waals surface area contributed by atoms with Crippen LogP contribution < -0.4 is 4.74 Å². The molecule has 0 aliphatic rings. The molecule has 2 aromatic rings.